The minimum Gasteiger partial charge on any atom is -0.421 e. The molecule has 182 valence electrons. The first-order chi connectivity index (χ1) is 16.7. The zero-order valence-electron chi connectivity index (χ0n) is 20.0. The van der Waals surface area contributed by atoms with Crippen molar-refractivity contribution in [2.24, 2.45) is 0 Å². The molecule has 2 N–H and O–H groups in total. The minimum atomic E-state index is -1.72. The number of halogens is 1. The van der Waals surface area contributed by atoms with Gasteiger partial charge in [0.1, 0.15) is 11.6 Å². The number of alkyl halides is 1. The normalized spacial score (nSPS) is 20.5. The summed E-state index contributed by atoms with van der Waals surface area (Å²) >= 11 is 0. The van der Waals surface area contributed by atoms with Crippen molar-refractivity contribution in [3.8, 4) is 11.5 Å². The fourth-order valence-corrected chi connectivity index (χ4v) is 4.27. The van der Waals surface area contributed by atoms with Crippen LogP contribution in [0.2, 0.25) is 0 Å². The van der Waals surface area contributed by atoms with Crippen molar-refractivity contribution in [1.82, 2.24) is 30.1 Å². The monoisotopic (exact) mass is 478 g/mol. The van der Waals surface area contributed by atoms with Crippen LogP contribution in [0.5, 0.6) is 0 Å². The Morgan fingerprint density at radius 1 is 1.17 bits per heavy atom. The standard InChI is InChI=1S/C24H27FN8O2/c1-13(2)21-15-9-20(27-10-16(15)17(11-28-21)22-32-31-14(3)35-22)29-19-5-7-26-23(30-19)33-8-6-18(34)24(4,25)12-33/h5,7,9-11,13,18,34H,6,8,12H2,1-4H3,(H,26,27,29,30)/t18-,24+/m1/s1. The van der Waals surface area contributed by atoms with E-state index in [1.54, 1.807) is 36.5 Å². The molecule has 0 radical (unpaired) electrons. The van der Waals surface area contributed by atoms with Gasteiger partial charge in [0.05, 0.1) is 23.9 Å². The molecule has 11 heteroatoms. The topological polar surface area (TPSA) is 126 Å². The van der Waals surface area contributed by atoms with Gasteiger partial charge in [0.25, 0.3) is 0 Å². The molecular weight excluding hydrogens is 451 g/mol. The second kappa shape index (κ2) is 8.81. The number of hydrogen-bond donors (Lipinski definition) is 2. The van der Waals surface area contributed by atoms with E-state index in [4.69, 9.17) is 4.42 Å². The van der Waals surface area contributed by atoms with Gasteiger partial charge in [-0.3, -0.25) is 4.98 Å². The largest absolute Gasteiger partial charge is 0.421 e. The number of aryl methyl sites for hydroxylation is 1. The van der Waals surface area contributed by atoms with Gasteiger partial charge in [0, 0.05) is 42.8 Å². The number of rotatable bonds is 5. The number of aliphatic hydroxyl groups is 1. The molecule has 1 aliphatic rings. The molecular formula is C24H27FN8O2. The van der Waals surface area contributed by atoms with Crippen molar-refractivity contribution >= 4 is 28.4 Å². The van der Waals surface area contributed by atoms with E-state index in [-0.39, 0.29) is 12.5 Å². The summed E-state index contributed by atoms with van der Waals surface area (Å²) in [5.41, 5.74) is -0.0855. The van der Waals surface area contributed by atoms with Gasteiger partial charge < -0.3 is 19.7 Å². The number of nitrogens with one attached hydrogen (secondary N) is 1. The van der Waals surface area contributed by atoms with E-state index >= 15 is 0 Å². The highest BCUT2D eigenvalue weighted by atomic mass is 19.1. The average Bonchev–Trinajstić information content (AvgIpc) is 3.26. The number of anilines is 3. The van der Waals surface area contributed by atoms with Gasteiger partial charge >= 0.3 is 0 Å². The predicted octanol–water partition coefficient (Wildman–Crippen LogP) is 3.94. The SMILES string of the molecule is Cc1nnc(-c2cnc(C(C)C)c3cc(Nc4ccnc(N5CC[C@@H](O)[C@@](C)(F)C5)n4)ncc23)o1. The van der Waals surface area contributed by atoms with Gasteiger partial charge in [-0.1, -0.05) is 13.8 Å². The first kappa shape index (κ1) is 23.0. The maximum Gasteiger partial charge on any atom is 0.249 e. The van der Waals surface area contributed by atoms with E-state index in [0.29, 0.717) is 42.3 Å². The van der Waals surface area contributed by atoms with Crippen LogP contribution in [-0.4, -0.2) is 60.1 Å². The Labute approximate surface area is 201 Å². The molecule has 4 aromatic heterocycles. The quantitative estimate of drug-likeness (QED) is 0.435. The molecule has 4 aromatic rings. The van der Waals surface area contributed by atoms with Crippen LogP contribution in [0.25, 0.3) is 22.2 Å². The average molecular weight is 479 g/mol. The second-order valence-corrected chi connectivity index (χ2v) is 9.32. The first-order valence-corrected chi connectivity index (χ1v) is 11.5. The van der Waals surface area contributed by atoms with Crippen LogP contribution in [-0.2, 0) is 0 Å². The Hall–Kier alpha value is -3.73. The van der Waals surface area contributed by atoms with Crippen LogP contribution >= 0.6 is 0 Å². The Bertz CT molecular complexity index is 1370. The number of piperidine rings is 1. The zero-order chi connectivity index (χ0) is 24.7. The van der Waals surface area contributed by atoms with E-state index < -0.39 is 11.8 Å². The van der Waals surface area contributed by atoms with E-state index in [9.17, 15) is 9.50 Å². The molecule has 5 rings (SSSR count). The van der Waals surface area contributed by atoms with Crippen LogP contribution in [0, 0.1) is 6.92 Å². The minimum absolute atomic E-state index is 0.0210. The number of fused-ring (bicyclic) bond motifs is 1. The second-order valence-electron chi connectivity index (χ2n) is 9.32. The summed E-state index contributed by atoms with van der Waals surface area (Å²) in [5.74, 6) is 2.55. The van der Waals surface area contributed by atoms with Crippen LogP contribution in [0.1, 0.15) is 44.7 Å². The zero-order valence-corrected chi connectivity index (χ0v) is 20.0. The van der Waals surface area contributed by atoms with Crippen molar-refractivity contribution in [2.75, 3.05) is 23.3 Å². The van der Waals surface area contributed by atoms with Gasteiger partial charge in [-0.2, -0.15) is 4.98 Å². The van der Waals surface area contributed by atoms with E-state index in [2.05, 4.69) is 49.3 Å². The maximum absolute atomic E-state index is 14.7. The van der Waals surface area contributed by atoms with Crippen LogP contribution < -0.4 is 10.2 Å². The fraction of sp³-hybridized carbons (Fsp3) is 0.417. The third-order valence-corrected chi connectivity index (χ3v) is 6.16. The molecule has 1 saturated heterocycles. The Morgan fingerprint density at radius 3 is 2.71 bits per heavy atom. The van der Waals surface area contributed by atoms with Gasteiger partial charge in [-0.25, -0.2) is 14.4 Å². The van der Waals surface area contributed by atoms with E-state index in [1.807, 2.05) is 6.07 Å². The number of aromatic nitrogens is 6. The molecule has 0 saturated carbocycles. The third kappa shape index (κ3) is 4.51. The summed E-state index contributed by atoms with van der Waals surface area (Å²) in [6.07, 6.45) is 4.43. The molecule has 0 amide bonds. The number of hydrogen-bond acceptors (Lipinski definition) is 10. The number of nitrogens with zero attached hydrogens (tertiary/aromatic N) is 7. The molecule has 5 heterocycles. The molecule has 0 aromatic carbocycles. The molecule has 1 aliphatic heterocycles. The predicted molar refractivity (Wildman–Crippen MR) is 129 cm³/mol. The van der Waals surface area contributed by atoms with Crippen molar-refractivity contribution in [3.05, 3.63) is 42.3 Å². The maximum atomic E-state index is 14.7. The summed E-state index contributed by atoms with van der Waals surface area (Å²) in [4.78, 5) is 19.8. The molecule has 1 fully saturated rings. The number of pyridine rings is 2. The first-order valence-electron chi connectivity index (χ1n) is 11.5. The van der Waals surface area contributed by atoms with Crippen molar-refractivity contribution < 1.29 is 13.9 Å². The van der Waals surface area contributed by atoms with E-state index in [0.717, 1.165) is 22.0 Å². The smallest absolute Gasteiger partial charge is 0.249 e. The van der Waals surface area contributed by atoms with E-state index in [1.165, 1.54) is 6.92 Å². The summed E-state index contributed by atoms with van der Waals surface area (Å²) in [6.45, 7) is 7.79. The molecule has 0 aliphatic carbocycles. The summed E-state index contributed by atoms with van der Waals surface area (Å²) in [6, 6.07) is 3.64. The van der Waals surface area contributed by atoms with Crippen LogP contribution in [0.4, 0.5) is 22.0 Å². The lowest BCUT2D eigenvalue weighted by molar-refractivity contribution is -0.00860. The third-order valence-electron chi connectivity index (χ3n) is 6.16. The fourth-order valence-electron chi connectivity index (χ4n) is 4.27. The summed E-state index contributed by atoms with van der Waals surface area (Å²) < 4.78 is 20.3. The van der Waals surface area contributed by atoms with Crippen LogP contribution in [0.15, 0.2) is 35.1 Å². The van der Waals surface area contributed by atoms with Crippen LogP contribution in [0.3, 0.4) is 0 Å². The van der Waals surface area contributed by atoms with Gasteiger partial charge in [-0.15, -0.1) is 10.2 Å². The van der Waals surface area contributed by atoms with Gasteiger partial charge in [0.2, 0.25) is 17.7 Å². The van der Waals surface area contributed by atoms with Crippen molar-refractivity contribution in [3.63, 3.8) is 0 Å². The Kier molecular flexibility index (Phi) is 5.79. The lowest BCUT2D eigenvalue weighted by Gasteiger charge is -2.38. The lowest BCUT2D eigenvalue weighted by atomic mass is 9.94. The molecule has 0 unspecified atom stereocenters. The Morgan fingerprint density at radius 2 is 2.00 bits per heavy atom. The highest BCUT2D eigenvalue weighted by Crippen LogP contribution is 2.33. The summed E-state index contributed by atoms with van der Waals surface area (Å²) in [7, 11) is 0. The Balaban J connectivity index is 1.47. The van der Waals surface area contributed by atoms with Crippen molar-refractivity contribution in [2.45, 2.75) is 51.8 Å². The van der Waals surface area contributed by atoms with Gasteiger partial charge in [-0.05, 0) is 31.4 Å². The molecule has 0 spiro atoms. The molecule has 10 nitrogen and oxygen atoms in total. The number of aliphatic hydroxyl groups excluding tert-OH is 1. The van der Waals surface area contributed by atoms with Crippen molar-refractivity contribution in [1.29, 1.82) is 0 Å². The highest BCUT2D eigenvalue weighted by Gasteiger charge is 2.39. The van der Waals surface area contributed by atoms with Gasteiger partial charge in [0.15, 0.2) is 5.67 Å². The molecule has 2 atom stereocenters. The molecule has 35 heavy (non-hydrogen) atoms. The highest BCUT2D eigenvalue weighted by molar-refractivity contribution is 5.96. The lowest BCUT2D eigenvalue weighted by Crippen LogP contribution is -2.52. The molecule has 0 bridgehead atoms. The summed E-state index contributed by atoms with van der Waals surface area (Å²) in [5, 5.41) is 23.0.